The van der Waals surface area contributed by atoms with Crippen LogP contribution < -0.4 is 0 Å². The normalized spacial score (nSPS) is 13.5. The monoisotopic (exact) mass is 897 g/mol. The number of hydrogen-bond acceptors (Lipinski definition) is 6. The SMILES string of the molecule is CC/C=C/C/C=C/C/C=C/C/C=C/CCCCCCCCCCCCC(=O)OC(COCCC(C(=O)O)[N+](C)(C)C)COC(=O)CCCCCCCCC/C=C/C/C=C/CCCCC. The van der Waals surface area contributed by atoms with E-state index in [1.807, 2.05) is 21.1 Å². The van der Waals surface area contributed by atoms with Gasteiger partial charge in [-0.2, -0.15) is 0 Å². The van der Waals surface area contributed by atoms with Crippen LogP contribution in [0.5, 0.6) is 0 Å². The first-order valence-electron chi connectivity index (χ1n) is 26.0. The van der Waals surface area contributed by atoms with Crippen molar-refractivity contribution in [3.05, 3.63) is 72.9 Å². The highest BCUT2D eigenvalue weighted by atomic mass is 16.6. The van der Waals surface area contributed by atoms with E-state index in [0.717, 1.165) is 77.0 Å². The van der Waals surface area contributed by atoms with E-state index in [1.165, 1.54) is 103 Å². The van der Waals surface area contributed by atoms with Crippen LogP contribution in [0.3, 0.4) is 0 Å². The third kappa shape index (κ3) is 44.0. The van der Waals surface area contributed by atoms with Gasteiger partial charge in [-0.25, -0.2) is 4.79 Å². The molecule has 0 saturated heterocycles. The summed E-state index contributed by atoms with van der Waals surface area (Å²) < 4.78 is 17.4. The average Bonchev–Trinajstić information content (AvgIpc) is 3.26. The highest BCUT2D eigenvalue weighted by Gasteiger charge is 2.31. The van der Waals surface area contributed by atoms with E-state index in [9.17, 15) is 19.5 Å². The number of aliphatic carboxylic acids is 1. The number of likely N-dealkylation sites (N-methyl/N-ethyl adjacent to an activating group) is 1. The molecule has 0 bridgehead atoms. The predicted octanol–water partition coefficient (Wildman–Crippen LogP) is 15.1. The maximum atomic E-state index is 12.8. The van der Waals surface area contributed by atoms with Gasteiger partial charge < -0.3 is 23.8 Å². The fourth-order valence-electron chi connectivity index (χ4n) is 7.35. The van der Waals surface area contributed by atoms with Crippen molar-refractivity contribution < 1.29 is 38.2 Å². The van der Waals surface area contributed by atoms with Crippen molar-refractivity contribution in [3.63, 3.8) is 0 Å². The highest BCUT2D eigenvalue weighted by Crippen LogP contribution is 2.15. The fraction of sp³-hybridized carbons (Fsp3) is 0.732. The van der Waals surface area contributed by atoms with Gasteiger partial charge >= 0.3 is 17.9 Å². The molecule has 8 heteroatoms. The van der Waals surface area contributed by atoms with E-state index >= 15 is 0 Å². The molecule has 0 fully saturated rings. The molecule has 0 aromatic rings. The molecule has 0 rings (SSSR count). The molecule has 0 saturated carbocycles. The third-order valence-electron chi connectivity index (χ3n) is 11.3. The van der Waals surface area contributed by atoms with Crippen LogP contribution in [0.15, 0.2) is 72.9 Å². The Morgan fingerprint density at radius 1 is 0.484 bits per heavy atom. The smallest absolute Gasteiger partial charge is 0.362 e. The van der Waals surface area contributed by atoms with Gasteiger partial charge in [-0.3, -0.25) is 9.59 Å². The summed E-state index contributed by atoms with van der Waals surface area (Å²) in [6.45, 7) is 4.60. The van der Waals surface area contributed by atoms with E-state index in [0.29, 0.717) is 19.3 Å². The van der Waals surface area contributed by atoms with Gasteiger partial charge in [0.15, 0.2) is 12.1 Å². The highest BCUT2D eigenvalue weighted by molar-refractivity contribution is 5.72. The molecular formula is C56H98NO7+. The second kappa shape index (κ2) is 46.3. The summed E-state index contributed by atoms with van der Waals surface area (Å²) in [6, 6.07) is -0.620. The Labute approximate surface area is 393 Å². The molecule has 64 heavy (non-hydrogen) atoms. The molecule has 0 spiro atoms. The number of unbranched alkanes of at least 4 members (excludes halogenated alkanes) is 20. The molecule has 2 atom stereocenters. The minimum absolute atomic E-state index is 0.0545. The number of esters is 2. The van der Waals surface area contributed by atoms with Crippen molar-refractivity contribution in [2.45, 2.75) is 225 Å². The number of rotatable bonds is 46. The van der Waals surface area contributed by atoms with Crippen LogP contribution in [-0.2, 0) is 28.6 Å². The molecule has 0 radical (unpaired) electrons. The number of hydrogen-bond donors (Lipinski definition) is 1. The zero-order valence-electron chi connectivity index (χ0n) is 42.0. The first kappa shape index (κ1) is 60.8. The fourth-order valence-corrected chi connectivity index (χ4v) is 7.35. The molecule has 0 aromatic heterocycles. The van der Waals surface area contributed by atoms with E-state index < -0.39 is 18.1 Å². The summed E-state index contributed by atoms with van der Waals surface area (Å²) in [5.41, 5.74) is 0. The van der Waals surface area contributed by atoms with Crippen molar-refractivity contribution in [1.82, 2.24) is 0 Å². The summed E-state index contributed by atoms with van der Waals surface area (Å²) in [4.78, 5) is 37.2. The van der Waals surface area contributed by atoms with Gasteiger partial charge in [0.1, 0.15) is 6.61 Å². The summed E-state index contributed by atoms with van der Waals surface area (Å²) in [5.74, 6) is -1.48. The van der Waals surface area contributed by atoms with Crippen LogP contribution in [-0.4, -0.2) is 80.6 Å². The molecule has 0 aliphatic rings. The standard InChI is InChI=1S/C56H97NO7/c1-6-8-10-12-14-16-18-20-22-24-25-26-27-28-29-31-33-35-37-39-41-43-45-47-55(59)64-52(50-62-49-48-53(56(60)61)57(3,4)5)51-63-54(58)46-44-42-40-38-36-34-32-30-23-21-19-17-15-13-11-9-7-2/h8,10,14-17,20-23,25-26,52-53H,6-7,9,11-13,18-19,24,27-51H2,1-5H3/p+1/b10-8+,16-14+,17-15+,22-20+,23-21+,26-25+. The molecule has 0 aliphatic heterocycles. The van der Waals surface area contributed by atoms with E-state index in [-0.39, 0.29) is 36.2 Å². The maximum absolute atomic E-state index is 12.8. The van der Waals surface area contributed by atoms with Crippen molar-refractivity contribution in [3.8, 4) is 0 Å². The van der Waals surface area contributed by atoms with E-state index in [4.69, 9.17) is 14.2 Å². The first-order valence-corrected chi connectivity index (χ1v) is 26.0. The lowest BCUT2D eigenvalue weighted by Gasteiger charge is -2.31. The van der Waals surface area contributed by atoms with E-state index in [2.05, 4.69) is 86.8 Å². The van der Waals surface area contributed by atoms with E-state index in [1.54, 1.807) is 0 Å². The first-order chi connectivity index (χ1) is 31.1. The average molecular weight is 897 g/mol. The summed E-state index contributed by atoms with van der Waals surface area (Å²) in [5, 5.41) is 9.66. The van der Waals surface area contributed by atoms with Crippen LogP contribution in [0.4, 0.5) is 0 Å². The lowest BCUT2D eigenvalue weighted by molar-refractivity contribution is -0.887. The topological polar surface area (TPSA) is 99.1 Å². The van der Waals surface area contributed by atoms with Crippen LogP contribution in [0.25, 0.3) is 0 Å². The van der Waals surface area contributed by atoms with Crippen molar-refractivity contribution in [2.75, 3.05) is 41.0 Å². The quantitative estimate of drug-likeness (QED) is 0.0281. The van der Waals surface area contributed by atoms with Crippen molar-refractivity contribution in [2.24, 2.45) is 0 Å². The summed E-state index contributed by atoms with van der Waals surface area (Å²) >= 11 is 0. The molecule has 0 aromatic carbocycles. The Morgan fingerprint density at radius 3 is 1.30 bits per heavy atom. The number of ether oxygens (including phenoxy) is 3. The number of carboxylic acids is 1. The Morgan fingerprint density at radius 2 is 0.875 bits per heavy atom. The van der Waals surface area contributed by atoms with Crippen LogP contribution >= 0.6 is 0 Å². The largest absolute Gasteiger partial charge is 0.477 e. The summed E-state index contributed by atoms with van der Waals surface area (Å²) in [7, 11) is 5.53. The van der Waals surface area contributed by atoms with Gasteiger partial charge in [-0.1, -0.05) is 183 Å². The molecule has 2 unspecified atom stereocenters. The Kier molecular flexibility index (Phi) is 44.0. The van der Waals surface area contributed by atoms with Gasteiger partial charge in [0.05, 0.1) is 34.4 Å². The van der Waals surface area contributed by atoms with Gasteiger partial charge in [0.2, 0.25) is 0 Å². The number of nitrogens with zero attached hydrogens (tertiary/aromatic N) is 1. The Bertz CT molecular complexity index is 1270. The second-order valence-electron chi connectivity index (χ2n) is 18.4. The van der Waals surface area contributed by atoms with Crippen molar-refractivity contribution >= 4 is 17.9 Å². The van der Waals surface area contributed by atoms with Gasteiger partial charge in [-0.15, -0.1) is 0 Å². The molecule has 368 valence electrons. The molecule has 1 N–H and O–H groups in total. The molecule has 8 nitrogen and oxygen atoms in total. The molecule has 0 aliphatic carbocycles. The lowest BCUT2D eigenvalue weighted by atomic mass is 10.0. The minimum Gasteiger partial charge on any atom is -0.477 e. The van der Waals surface area contributed by atoms with Crippen LogP contribution in [0.1, 0.15) is 213 Å². The molecular weight excluding hydrogens is 799 g/mol. The Balaban J connectivity index is 4.25. The summed E-state index contributed by atoms with van der Waals surface area (Å²) in [6.07, 6.45) is 59.4. The zero-order valence-corrected chi connectivity index (χ0v) is 42.0. The minimum atomic E-state index is -0.878. The molecule has 0 heterocycles. The van der Waals surface area contributed by atoms with Gasteiger partial charge in [0, 0.05) is 19.3 Å². The van der Waals surface area contributed by atoms with Gasteiger partial charge in [-0.05, 0) is 83.5 Å². The predicted molar refractivity (Wildman–Crippen MR) is 270 cm³/mol. The lowest BCUT2D eigenvalue weighted by Crippen LogP contribution is -2.50. The number of quaternary nitrogens is 1. The van der Waals surface area contributed by atoms with Crippen LogP contribution in [0.2, 0.25) is 0 Å². The van der Waals surface area contributed by atoms with Gasteiger partial charge in [0.25, 0.3) is 0 Å². The number of carboxylic acid groups (broad SMARTS) is 1. The Hall–Kier alpha value is -3.23. The number of carbonyl (C=O) groups is 3. The maximum Gasteiger partial charge on any atom is 0.362 e. The number of carbonyl (C=O) groups excluding carboxylic acids is 2. The zero-order chi connectivity index (χ0) is 47.0. The van der Waals surface area contributed by atoms with Crippen LogP contribution in [0, 0.1) is 0 Å². The number of allylic oxidation sites excluding steroid dienone is 12. The molecule has 0 amide bonds. The second-order valence-corrected chi connectivity index (χ2v) is 18.4. The van der Waals surface area contributed by atoms with Crippen molar-refractivity contribution in [1.29, 1.82) is 0 Å². The third-order valence-corrected chi connectivity index (χ3v) is 11.3.